The maximum Gasteiger partial charge on any atom is 0.214 e. The lowest BCUT2D eigenvalue weighted by molar-refractivity contribution is 0.282. The van der Waals surface area contributed by atoms with Gasteiger partial charge in [0.1, 0.15) is 0 Å². The topological polar surface area (TPSA) is 40.6 Å². The standard InChI is InChI=1S/C12H25ClN2O2S/c1-14(2)9-10-15(12-6-3-4-7-12)18(16,17)11-5-8-13/h12H,3-11H2,1-2H3. The van der Waals surface area contributed by atoms with Crippen LogP contribution in [0, 0.1) is 0 Å². The third-order valence-electron chi connectivity index (χ3n) is 3.39. The van der Waals surface area contributed by atoms with E-state index in [9.17, 15) is 8.42 Å². The van der Waals surface area contributed by atoms with Crippen molar-refractivity contribution in [2.24, 2.45) is 0 Å². The molecule has 4 nitrogen and oxygen atoms in total. The Balaban J connectivity index is 2.68. The van der Waals surface area contributed by atoms with Crippen molar-refractivity contribution in [3.63, 3.8) is 0 Å². The van der Waals surface area contributed by atoms with Crippen LogP contribution in [0.4, 0.5) is 0 Å². The summed E-state index contributed by atoms with van der Waals surface area (Å²) in [5.41, 5.74) is 0. The quantitative estimate of drug-likeness (QED) is 0.641. The summed E-state index contributed by atoms with van der Waals surface area (Å²) < 4.78 is 26.4. The number of rotatable bonds is 8. The Labute approximate surface area is 116 Å². The molecule has 0 amide bonds. The second-order valence-corrected chi connectivity index (χ2v) is 7.63. The fourth-order valence-corrected chi connectivity index (χ4v) is 4.45. The van der Waals surface area contributed by atoms with Gasteiger partial charge >= 0.3 is 0 Å². The third kappa shape index (κ3) is 5.03. The molecule has 0 bridgehead atoms. The van der Waals surface area contributed by atoms with Crippen LogP contribution in [0.25, 0.3) is 0 Å². The highest BCUT2D eigenvalue weighted by Crippen LogP contribution is 2.26. The lowest BCUT2D eigenvalue weighted by Crippen LogP contribution is -2.43. The molecule has 1 saturated carbocycles. The molecular weight excluding hydrogens is 272 g/mol. The zero-order valence-electron chi connectivity index (χ0n) is 11.4. The Morgan fingerprint density at radius 3 is 2.28 bits per heavy atom. The molecule has 0 atom stereocenters. The van der Waals surface area contributed by atoms with Gasteiger partial charge in [-0.2, -0.15) is 4.31 Å². The number of halogens is 1. The molecule has 1 aliphatic carbocycles. The summed E-state index contributed by atoms with van der Waals surface area (Å²) in [6, 6.07) is 0.213. The maximum atomic E-state index is 12.3. The van der Waals surface area contributed by atoms with Crippen molar-refractivity contribution in [3.05, 3.63) is 0 Å². The van der Waals surface area contributed by atoms with Gasteiger partial charge < -0.3 is 4.90 Å². The van der Waals surface area contributed by atoms with E-state index in [1.807, 2.05) is 19.0 Å². The van der Waals surface area contributed by atoms with Crippen molar-refractivity contribution in [2.45, 2.75) is 38.1 Å². The molecule has 0 unspecified atom stereocenters. The maximum absolute atomic E-state index is 12.3. The summed E-state index contributed by atoms with van der Waals surface area (Å²) in [5.74, 6) is 0.589. The molecular formula is C12H25ClN2O2S. The largest absolute Gasteiger partial charge is 0.308 e. The van der Waals surface area contributed by atoms with Gasteiger partial charge in [0.05, 0.1) is 5.75 Å². The molecule has 6 heteroatoms. The first-order valence-electron chi connectivity index (χ1n) is 6.67. The molecule has 0 aromatic heterocycles. The summed E-state index contributed by atoms with van der Waals surface area (Å²) in [4.78, 5) is 2.03. The zero-order valence-corrected chi connectivity index (χ0v) is 13.0. The van der Waals surface area contributed by atoms with Crippen LogP contribution in [0.3, 0.4) is 0 Å². The van der Waals surface area contributed by atoms with Gasteiger partial charge in [-0.15, -0.1) is 11.6 Å². The predicted molar refractivity (Wildman–Crippen MR) is 76.6 cm³/mol. The van der Waals surface area contributed by atoms with E-state index >= 15 is 0 Å². The first-order chi connectivity index (χ1) is 8.47. The number of likely N-dealkylation sites (N-methyl/N-ethyl adjacent to an activating group) is 1. The van der Waals surface area contributed by atoms with Crippen LogP contribution in [0.1, 0.15) is 32.1 Å². The summed E-state index contributed by atoms with van der Waals surface area (Å²) in [6.45, 7) is 1.37. The van der Waals surface area contributed by atoms with Gasteiger partial charge in [-0.25, -0.2) is 8.42 Å². The average Bonchev–Trinajstić information content (AvgIpc) is 2.79. The van der Waals surface area contributed by atoms with Crippen molar-refractivity contribution >= 4 is 21.6 Å². The summed E-state index contributed by atoms with van der Waals surface area (Å²) in [7, 11) is 0.800. The molecule has 0 saturated heterocycles. The molecule has 18 heavy (non-hydrogen) atoms. The van der Waals surface area contributed by atoms with Gasteiger partial charge in [-0.3, -0.25) is 0 Å². The summed E-state index contributed by atoms with van der Waals surface area (Å²) >= 11 is 5.61. The molecule has 1 aliphatic rings. The average molecular weight is 297 g/mol. The second-order valence-electron chi connectivity index (χ2n) is 5.21. The van der Waals surface area contributed by atoms with Crippen LogP contribution in [-0.4, -0.2) is 62.5 Å². The van der Waals surface area contributed by atoms with Crippen molar-refractivity contribution in [2.75, 3.05) is 38.8 Å². The van der Waals surface area contributed by atoms with Crippen molar-refractivity contribution in [1.82, 2.24) is 9.21 Å². The van der Waals surface area contributed by atoms with E-state index < -0.39 is 10.0 Å². The number of nitrogens with zero attached hydrogens (tertiary/aromatic N) is 2. The van der Waals surface area contributed by atoms with Gasteiger partial charge in [0.15, 0.2) is 0 Å². The molecule has 0 radical (unpaired) electrons. The number of hydrogen-bond donors (Lipinski definition) is 0. The van der Waals surface area contributed by atoms with E-state index in [-0.39, 0.29) is 11.8 Å². The Morgan fingerprint density at radius 1 is 1.17 bits per heavy atom. The Bertz CT molecular complexity index is 327. The van der Waals surface area contributed by atoms with E-state index in [1.54, 1.807) is 4.31 Å². The van der Waals surface area contributed by atoms with Crippen LogP contribution in [0.5, 0.6) is 0 Å². The summed E-state index contributed by atoms with van der Waals surface area (Å²) in [6.07, 6.45) is 4.85. The summed E-state index contributed by atoms with van der Waals surface area (Å²) in [5, 5.41) is 0. The molecule has 108 valence electrons. The lowest BCUT2D eigenvalue weighted by Gasteiger charge is -2.29. The van der Waals surface area contributed by atoms with Crippen molar-refractivity contribution in [3.8, 4) is 0 Å². The van der Waals surface area contributed by atoms with Crippen LogP contribution in [-0.2, 0) is 10.0 Å². The Hall–Kier alpha value is 0.160. The fraction of sp³-hybridized carbons (Fsp3) is 1.00. The molecule has 0 N–H and O–H groups in total. The van der Waals surface area contributed by atoms with Crippen LogP contribution >= 0.6 is 11.6 Å². The Morgan fingerprint density at radius 2 is 1.78 bits per heavy atom. The Kier molecular flexibility index (Phi) is 6.92. The van der Waals surface area contributed by atoms with E-state index in [0.717, 1.165) is 32.2 Å². The first kappa shape index (κ1) is 16.2. The molecule has 0 aromatic carbocycles. The van der Waals surface area contributed by atoms with E-state index in [2.05, 4.69) is 0 Å². The van der Waals surface area contributed by atoms with Gasteiger partial charge in [0, 0.05) is 25.0 Å². The smallest absolute Gasteiger partial charge is 0.214 e. The predicted octanol–water partition coefficient (Wildman–Crippen LogP) is 1.75. The third-order valence-corrected chi connectivity index (χ3v) is 5.66. The highest BCUT2D eigenvalue weighted by Gasteiger charge is 2.31. The minimum Gasteiger partial charge on any atom is -0.308 e. The minimum absolute atomic E-state index is 0.181. The van der Waals surface area contributed by atoms with Gasteiger partial charge in [-0.05, 0) is 33.4 Å². The van der Waals surface area contributed by atoms with Crippen LogP contribution in [0.15, 0.2) is 0 Å². The fourth-order valence-electron chi connectivity index (χ4n) is 2.39. The molecule has 0 aromatic rings. The normalized spacial score (nSPS) is 18.1. The molecule has 0 spiro atoms. The first-order valence-corrected chi connectivity index (χ1v) is 8.82. The van der Waals surface area contributed by atoms with Crippen molar-refractivity contribution < 1.29 is 8.42 Å². The SMILES string of the molecule is CN(C)CCN(C1CCCC1)S(=O)(=O)CCCCl. The number of hydrogen-bond acceptors (Lipinski definition) is 3. The van der Waals surface area contributed by atoms with E-state index in [1.165, 1.54) is 0 Å². The van der Waals surface area contributed by atoms with E-state index in [0.29, 0.717) is 18.8 Å². The van der Waals surface area contributed by atoms with Crippen molar-refractivity contribution in [1.29, 1.82) is 0 Å². The minimum atomic E-state index is -3.14. The number of sulfonamides is 1. The van der Waals surface area contributed by atoms with Gasteiger partial charge in [0.25, 0.3) is 0 Å². The highest BCUT2D eigenvalue weighted by atomic mass is 35.5. The van der Waals surface area contributed by atoms with Crippen LogP contribution < -0.4 is 0 Å². The number of alkyl halides is 1. The van der Waals surface area contributed by atoms with E-state index in [4.69, 9.17) is 11.6 Å². The molecule has 1 rings (SSSR count). The lowest BCUT2D eigenvalue weighted by atomic mass is 10.2. The van der Waals surface area contributed by atoms with Gasteiger partial charge in [0.2, 0.25) is 10.0 Å². The van der Waals surface area contributed by atoms with Gasteiger partial charge in [-0.1, -0.05) is 12.8 Å². The highest BCUT2D eigenvalue weighted by molar-refractivity contribution is 7.89. The molecule has 0 heterocycles. The zero-order chi connectivity index (χ0) is 13.6. The molecule has 1 fully saturated rings. The van der Waals surface area contributed by atoms with Crippen LogP contribution in [0.2, 0.25) is 0 Å². The second kappa shape index (κ2) is 7.68. The molecule has 0 aliphatic heterocycles. The monoisotopic (exact) mass is 296 g/mol.